The number of phosphoric acid groups is 3. The third-order valence-electron chi connectivity index (χ3n) is 6.82. The molecule has 3 aromatic rings. The number of phosphoric ester groups is 1. The van der Waals surface area contributed by atoms with Crippen LogP contribution in [0.2, 0.25) is 0 Å². The maximum atomic E-state index is 13.1. The van der Waals surface area contributed by atoms with Crippen LogP contribution in [-0.4, -0.2) is 86.0 Å². The average molecular weight is 715 g/mol. The van der Waals surface area contributed by atoms with E-state index in [0.29, 0.717) is 17.0 Å². The Morgan fingerprint density at radius 1 is 1.09 bits per heavy atom. The van der Waals surface area contributed by atoms with Crippen LogP contribution in [0, 0.1) is 25.4 Å². The van der Waals surface area contributed by atoms with Crippen LogP contribution in [0.25, 0.3) is 11.2 Å². The fourth-order valence-electron chi connectivity index (χ4n) is 4.86. The zero-order valence-corrected chi connectivity index (χ0v) is 27.2. The highest BCUT2D eigenvalue weighted by atomic mass is 32.1. The first-order chi connectivity index (χ1) is 20.8. The molecule has 7 unspecified atom stereocenters. The number of imidazole rings is 1. The van der Waals surface area contributed by atoms with Crippen LogP contribution in [0.4, 0.5) is 0 Å². The summed E-state index contributed by atoms with van der Waals surface area (Å²) in [4.78, 5) is 61.5. The maximum Gasteiger partial charge on any atom is 0.490 e. The van der Waals surface area contributed by atoms with Crippen molar-refractivity contribution in [1.29, 1.82) is 0 Å². The van der Waals surface area contributed by atoms with Crippen LogP contribution >= 0.6 is 35.7 Å². The molecule has 0 radical (unpaired) electrons. The highest BCUT2D eigenvalue weighted by Gasteiger charge is 2.56. The molecule has 5 heterocycles. The van der Waals surface area contributed by atoms with E-state index in [2.05, 4.69) is 34.0 Å². The van der Waals surface area contributed by atoms with E-state index in [1.165, 1.54) is 10.9 Å². The SMILES string of the molecule is Cc1nc(=S)c2ncn(C3OC(COP(=O)(O)OP(=O)(O)OP(=O)(O)O)C4OC(C(=O)NCc5c(C)nn(C)c5C)OC43)c2[nH]1. The molecule has 2 aliphatic rings. The van der Waals surface area contributed by atoms with Gasteiger partial charge in [0.15, 0.2) is 10.9 Å². The number of H-pyrrole nitrogens is 1. The summed E-state index contributed by atoms with van der Waals surface area (Å²) in [5.74, 6) is -0.192. The zero-order chi connectivity index (χ0) is 33.1. The van der Waals surface area contributed by atoms with E-state index in [0.717, 1.165) is 17.0 Å². The van der Waals surface area contributed by atoms with Crippen molar-refractivity contribution >= 4 is 52.8 Å². The first kappa shape index (κ1) is 34.1. The Balaban J connectivity index is 1.36. The molecule has 0 bridgehead atoms. The summed E-state index contributed by atoms with van der Waals surface area (Å²) in [7, 11) is -15.1. The molecule has 2 aliphatic heterocycles. The third-order valence-corrected chi connectivity index (χ3v) is 10.9. The Kier molecular flexibility index (Phi) is 9.39. The van der Waals surface area contributed by atoms with E-state index in [1.807, 2.05) is 6.92 Å². The number of aromatic amines is 1. The highest BCUT2D eigenvalue weighted by molar-refractivity contribution is 7.71. The summed E-state index contributed by atoms with van der Waals surface area (Å²) in [6.45, 7) is 4.57. The van der Waals surface area contributed by atoms with Gasteiger partial charge in [0.05, 0.1) is 18.6 Å². The van der Waals surface area contributed by atoms with E-state index in [4.69, 9.17) is 40.7 Å². The number of carbonyl (C=O) groups is 1. The van der Waals surface area contributed by atoms with Crippen LogP contribution < -0.4 is 5.32 Å². The summed E-state index contributed by atoms with van der Waals surface area (Å²) in [5, 5.41) is 7.05. The average Bonchev–Trinajstić information content (AvgIpc) is 3.63. The molecule has 2 saturated heterocycles. The van der Waals surface area contributed by atoms with Gasteiger partial charge in [0.1, 0.15) is 35.3 Å². The van der Waals surface area contributed by atoms with Gasteiger partial charge >= 0.3 is 23.5 Å². The number of aromatic nitrogens is 6. The summed E-state index contributed by atoms with van der Waals surface area (Å²) in [6, 6.07) is 0. The molecular weight excluding hydrogens is 687 g/mol. The summed E-state index contributed by atoms with van der Waals surface area (Å²) >= 11 is 5.29. The third kappa shape index (κ3) is 7.50. The van der Waals surface area contributed by atoms with Crippen molar-refractivity contribution in [3.8, 4) is 0 Å². The quantitative estimate of drug-likeness (QED) is 0.118. The van der Waals surface area contributed by atoms with Gasteiger partial charge in [0, 0.05) is 24.8 Å². The molecule has 6 N–H and O–H groups in total. The van der Waals surface area contributed by atoms with Crippen LogP contribution in [0.3, 0.4) is 0 Å². The molecule has 5 rings (SSSR count). The standard InChI is InChI=1S/C20H28N7O14P3S/c1-8-11(9(2)26(4)25-8)5-21-17(28)20-38-14-12(6-36-43(32,33)41-44(34,35)40-42(29,30)31)37-19(15(14)39-20)27-7-22-13-16(27)23-10(3)24-18(13)45/h7,12,14-15,19-20H,5-6H2,1-4H3,(H,21,28)(H,32,33)(H,34,35)(H,23,24,45)(H2,29,30,31). The van der Waals surface area contributed by atoms with Crippen molar-refractivity contribution in [1.82, 2.24) is 34.6 Å². The van der Waals surface area contributed by atoms with Crippen molar-refractivity contribution in [2.75, 3.05) is 6.61 Å². The lowest BCUT2D eigenvalue weighted by Crippen LogP contribution is -2.37. The Bertz CT molecular complexity index is 1840. The van der Waals surface area contributed by atoms with Crippen LogP contribution in [0.1, 0.15) is 29.0 Å². The first-order valence-electron chi connectivity index (χ1n) is 12.8. The van der Waals surface area contributed by atoms with Crippen molar-refractivity contribution in [3.05, 3.63) is 33.7 Å². The second-order valence-electron chi connectivity index (χ2n) is 9.95. The van der Waals surface area contributed by atoms with Gasteiger partial charge in [-0.3, -0.25) is 18.6 Å². The molecule has 1 amide bonds. The lowest BCUT2D eigenvalue weighted by molar-refractivity contribution is -0.171. The van der Waals surface area contributed by atoms with E-state index in [1.54, 1.807) is 25.6 Å². The highest BCUT2D eigenvalue weighted by Crippen LogP contribution is 2.66. The fourth-order valence-corrected chi connectivity index (χ4v) is 8.17. The Morgan fingerprint density at radius 3 is 2.42 bits per heavy atom. The largest absolute Gasteiger partial charge is 0.490 e. The molecule has 0 saturated carbocycles. The minimum absolute atomic E-state index is 0.118. The van der Waals surface area contributed by atoms with E-state index >= 15 is 0 Å². The molecule has 0 spiro atoms. The minimum Gasteiger partial charge on any atom is -0.347 e. The number of ether oxygens (including phenoxy) is 3. The van der Waals surface area contributed by atoms with Crippen LogP contribution in [-0.2, 0) is 59.4 Å². The Hall–Kier alpha value is -2.26. The summed E-state index contributed by atoms with van der Waals surface area (Å²) in [5.41, 5.74) is 3.05. The van der Waals surface area contributed by atoms with E-state index in [-0.39, 0.29) is 11.2 Å². The van der Waals surface area contributed by atoms with Gasteiger partial charge < -0.3 is 44.1 Å². The smallest absolute Gasteiger partial charge is 0.347 e. The van der Waals surface area contributed by atoms with Gasteiger partial charge in [-0.2, -0.15) is 13.7 Å². The maximum absolute atomic E-state index is 13.1. The first-order valence-corrected chi connectivity index (χ1v) is 17.7. The normalized spacial score (nSPS) is 26.1. The number of fused-ring (bicyclic) bond motifs is 2. The van der Waals surface area contributed by atoms with Gasteiger partial charge in [0.25, 0.3) is 5.91 Å². The fraction of sp³-hybridized carbons (Fsp3) is 0.550. The van der Waals surface area contributed by atoms with Crippen molar-refractivity contribution < 1.29 is 65.4 Å². The predicted molar refractivity (Wildman–Crippen MR) is 149 cm³/mol. The minimum atomic E-state index is -5.76. The number of nitrogens with zero attached hydrogens (tertiary/aromatic N) is 5. The Morgan fingerprint density at radius 2 is 1.78 bits per heavy atom. The molecule has 0 aromatic carbocycles. The summed E-state index contributed by atoms with van der Waals surface area (Å²) in [6.07, 6.45) is -4.60. The molecule has 3 aromatic heterocycles. The van der Waals surface area contributed by atoms with E-state index in [9.17, 15) is 28.3 Å². The molecule has 7 atom stereocenters. The second-order valence-corrected chi connectivity index (χ2v) is 14.8. The number of nitrogens with one attached hydrogen (secondary N) is 2. The number of hydrogen-bond acceptors (Lipinski definition) is 14. The monoisotopic (exact) mass is 715 g/mol. The van der Waals surface area contributed by atoms with Gasteiger partial charge in [-0.1, -0.05) is 12.2 Å². The molecule has 248 valence electrons. The predicted octanol–water partition coefficient (Wildman–Crippen LogP) is 0.815. The van der Waals surface area contributed by atoms with Gasteiger partial charge in [-0.15, -0.1) is 0 Å². The molecule has 0 aliphatic carbocycles. The molecular formula is C20H28N7O14P3S. The number of amides is 1. The van der Waals surface area contributed by atoms with Gasteiger partial charge in [-0.05, 0) is 20.8 Å². The zero-order valence-electron chi connectivity index (χ0n) is 23.7. The molecule has 25 heteroatoms. The van der Waals surface area contributed by atoms with Crippen molar-refractivity contribution in [2.24, 2.45) is 7.05 Å². The lowest BCUT2D eigenvalue weighted by atomic mass is 10.1. The molecule has 21 nitrogen and oxygen atoms in total. The Labute approximate surface area is 258 Å². The number of carbonyl (C=O) groups excluding carboxylic acids is 1. The number of rotatable bonds is 11. The van der Waals surface area contributed by atoms with Crippen LogP contribution in [0.15, 0.2) is 6.33 Å². The van der Waals surface area contributed by atoms with Crippen LogP contribution in [0.5, 0.6) is 0 Å². The molecule has 2 fully saturated rings. The number of hydrogen-bond donors (Lipinski definition) is 6. The molecule has 45 heavy (non-hydrogen) atoms. The summed E-state index contributed by atoms with van der Waals surface area (Å²) < 4.78 is 68.5. The van der Waals surface area contributed by atoms with Gasteiger partial charge in [0.2, 0.25) is 6.29 Å². The van der Waals surface area contributed by atoms with Gasteiger partial charge in [-0.25, -0.2) is 23.7 Å². The topological polar surface area (TPSA) is 281 Å². The van der Waals surface area contributed by atoms with Crippen molar-refractivity contribution in [2.45, 2.75) is 58.1 Å². The van der Waals surface area contributed by atoms with E-state index < -0.39 is 66.8 Å². The lowest BCUT2D eigenvalue weighted by Gasteiger charge is -2.22. The van der Waals surface area contributed by atoms with Crippen molar-refractivity contribution in [3.63, 3.8) is 0 Å². The second kappa shape index (κ2) is 12.4. The number of aryl methyl sites for hydroxylation is 3.